The molecule has 2 aromatic rings. The molecule has 0 heterocycles. The fourth-order valence-corrected chi connectivity index (χ4v) is 1.97. The number of nitro benzene ring substituents is 2. The Morgan fingerprint density at radius 1 is 0.708 bits per heavy atom. The van der Waals surface area contributed by atoms with Gasteiger partial charge in [0.05, 0.1) is 9.85 Å². The Labute approximate surface area is 134 Å². The molecule has 0 aliphatic rings. The number of hydrogen-bond donors (Lipinski definition) is 2. The highest BCUT2D eigenvalue weighted by Crippen LogP contribution is 2.17. The normalized spacial score (nSPS) is 12.0. The third kappa shape index (κ3) is 3.32. The van der Waals surface area contributed by atoms with Gasteiger partial charge >= 0.3 is 0 Å². The Hall–Kier alpha value is -3.82. The molecule has 0 spiro atoms. The van der Waals surface area contributed by atoms with Crippen LogP contribution in [0.5, 0.6) is 0 Å². The van der Waals surface area contributed by atoms with E-state index < -0.39 is 9.85 Å². The van der Waals surface area contributed by atoms with Crippen LogP contribution < -0.4 is 0 Å². The molecular formula is C14H10N4O6. The summed E-state index contributed by atoms with van der Waals surface area (Å²) in [6.45, 7) is 0. The summed E-state index contributed by atoms with van der Waals surface area (Å²) in [4.78, 5) is 20.1. The van der Waals surface area contributed by atoms with Crippen LogP contribution in [-0.2, 0) is 0 Å². The van der Waals surface area contributed by atoms with Gasteiger partial charge in [-0.1, -0.05) is 10.3 Å². The molecule has 122 valence electrons. The van der Waals surface area contributed by atoms with Gasteiger partial charge in [-0.2, -0.15) is 0 Å². The van der Waals surface area contributed by atoms with Crippen LogP contribution in [0.3, 0.4) is 0 Å². The topological polar surface area (TPSA) is 151 Å². The molecule has 0 fully saturated rings. The minimum Gasteiger partial charge on any atom is -0.410 e. The predicted octanol–water partition coefficient (Wildman–Crippen LogP) is 2.56. The zero-order valence-corrected chi connectivity index (χ0v) is 11.9. The molecule has 0 bridgehead atoms. The first-order chi connectivity index (χ1) is 11.5. The largest absolute Gasteiger partial charge is 0.410 e. The zero-order valence-electron chi connectivity index (χ0n) is 11.9. The third-order valence-corrected chi connectivity index (χ3v) is 3.13. The fourth-order valence-electron chi connectivity index (χ4n) is 1.97. The van der Waals surface area contributed by atoms with Gasteiger partial charge in [-0.15, -0.1) is 0 Å². The van der Waals surface area contributed by atoms with E-state index in [0.29, 0.717) is 0 Å². The fraction of sp³-hybridized carbons (Fsp3) is 0. The van der Waals surface area contributed by atoms with E-state index in [2.05, 4.69) is 10.3 Å². The summed E-state index contributed by atoms with van der Waals surface area (Å²) in [7, 11) is 0. The average Bonchev–Trinajstić information content (AvgIpc) is 2.59. The molecule has 0 saturated carbocycles. The van der Waals surface area contributed by atoms with E-state index in [9.17, 15) is 30.6 Å². The summed E-state index contributed by atoms with van der Waals surface area (Å²) in [5.74, 6) is 0. The number of nitrogens with zero attached hydrogens (tertiary/aromatic N) is 4. The van der Waals surface area contributed by atoms with Gasteiger partial charge in [0.2, 0.25) is 0 Å². The Bertz CT molecular complexity index is 756. The minimum absolute atomic E-state index is 0.152. The van der Waals surface area contributed by atoms with Gasteiger partial charge in [0, 0.05) is 35.4 Å². The van der Waals surface area contributed by atoms with Gasteiger partial charge in [-0.05, 0) is 24.3 Å². The van der Waals surface area contributed by atoms with E-state index in [0.717, 1.165) is 0 Å². The smallest absolute Gasteiger partial charge is 0.269 e. The molecule has 0 aliphatic carbocycles. The summed E-state index contributed by atoms with van der Waals surface area (Å²) >= 11 is 0. The molecule has 0 atom stereocenters. The van der Waals surface area contributed by atoms with E-state index in [-0.39, 0.29) is 33.9 Å². The summed E-state index contributed by atoms with van der Waals surface area (Å²) in [5.41, 5.74) is -0.103. The molecule has 10 heteroatoms. The Balaban J connectivity index is 2.40. The maximum Gasteiger partial charge on any atom is 0.269 e. The monoisotopic (exact) mass is 330 g/mol. The summed E-state index contributed by atoms with van der Waals surface area (Å²) in [5, 5.41) is 45.9. The van der Waals surface area contributed by atoms with Crippen LogP contribution in [0, 0.1) is 20.2 Å². The zero-order chi connectivity index (χ0) is 17.7. The SMILES string of the molecule is O=[N+]([O-])c1ccc(C(=N\O)/C(=N/O)c2ccc([N+](=O)[O-])cc2)cc1. The molecule has 0 aromatic heterocycles. The second-order valence-corrected chi connectivity index (χ2v) is 4.51. The molecule has 2 N–H and O–H groups in total. The minimum atomic E-state index is -0.586. The first kappa shape index (κ1) is 16.5. The lowest BCUT2D eigenvalue weighted by Crippen LogP contribution is -2.17. The summed E-state index contributed by atoms with van der Waals surface area (Å²) in [6.07, 6.45) is 0. The highest BCUT2D eigenvalue weighted by molar-refractivity contribution is 6.53. The lowest BCUT2D eigenvalue weighted by molar-refractivity contribution is -0.385. The molecule has 0 saturated heterocycles. The molecule has 0 amide bonds. The van der Waals surface area contributed by atoms with Crippen LogP contribution in [0.2, 0.25) is 0 Å². The van der Waals surface area contributed by atoms with E-state index >= 15 is 0 Å². The second-order valence-electron chi connectivity index (χ2n) is 4.51. The number of hydrogen-bond acceptors (Lipinski definition) is 8. The molecular weight excluding hydrogens is 320 g/mol. The highest BCUT2D eigenvalue weighted by atomic mass is 16.6. The van der Waals surface area contributed by atoms with Gasteiger partial charge in [0.15, 0.2) is 0 Å². The summed E-state index contributed by atoms with van der Waals surface area (Å²) in [6, 6.07) is 10.1. The van der Waals surface area contributed by atoms with Crippen molar-refractivity contribution in [3.63, 3.8) is 0 Å². The van der Waals surface area contributed by atoms with Gasteiger partial charge in [0.25, 0.3) is 11.4 Å². The van der Waals surface area contributed by atoms with Crippen LogP contribution in [0.1, 0.15) is 11.1 Å². The first-order valence-corrected chi connectivity index (χ1v) is 6.42. The Morgan fingerprint density at radius 3 is 1.21 bits per heavy atom. The van der Waals surface area contributed by atoms with Crippen molar-refractivity contribution < 1.29 is 20.3 Å². The Morgan fingerprint density at radius 2 is 1.00 bits per heavy atom. The van der Waals surface area contributed by atoms with Crippen molar-refractivity contribution >= 4 is 22.8 Å². The molecule has 0 aliphatic heterocycles. The molecule has 0 unspecified atom stereocenters. The molecule has 24 heavy (non-hydrogen) atoms. The van der Waals surface area contributed by atoms with Crippen molar-refractivity contribution in [3.8, 4) is 0 Å². The number of nitro groups is 2. The van der Waals surface area contributed by atoms with Gasteiger partial charge in [-0.25, -0.2) is 0 Å². The molecule has 2 aromatic carbocycles. The van der Waals surface area contributed by atoms with Crippen LogP contribution in [0.15, 0.2) is 58.8 Å². The number of oxime groups is 2. The van der Waals surface area contributed by atoms with Gasteiger partial charge in [-0.3, -0.25) is 20.2 Å². The van der Waals surface area contributed by atoms with Crippen LogP contribution in [0.4, 0.5) is 11.4 Å². The van der Waals surface area contributed by atoms with Crippen LogP contribution in [0.25, 0.3) is 0 Å². The quantitative estimate of drug-likeness (QED) is 0.372. The Kier molecular flexibility index (Phi) is 4.80. The number of rotatable bonds is 5. The number of non-ortho nitro benzene ring substituents is 2. The van der Waals surface area contributed by atoms with E-state index in [4.69, 9.17) is 0 Å². The van der Waals surface area contributed by atoms with Crippen molar-refractivity contribution in [2.45, 2.75) is 0 Å². The van der Waals surface area contributed by atoms with E-state index in [1.165, 1.54) is 48.5 Å². The van der Waals surface area contributed by atoms with Crippen molar-refractivity contribution in [2.24, 2.45) is 10.3 Å². The van der Waals surface area contributed by atoms with Gasteiger partial charge < -0.3 is 10.4 Å². The standard InChI is InChI=1S/C14H10N4O6/c19-15-13(9-1-5-11(6-2-9)17(21)22)14(16-20)10-3-7-12(8-4-10)18(23)24/h1-8,19-20H/b15-13+,16-14+. The van der Waals surface area contributed by atoms with Crippen molar-refractivity contribution in [3.05, 3.63) is 79.9 Å². The van der Waals surface area contributed by atoms with Crippen molar-refractivity contribution in [1.29, 1.82) is 0 Å². The van der Waals surface area contributed by atoms with Crippen LogP contribution >= 0.6 is 0 Å². The molecule has 0 radical (unpaired) electrons. The third-order valence-electron chi connectivity index (χ3n) is 3.13. The van der Waals surface area contributed by atoms with E-state index in [1.54, 1.807) is 0 Å². The van der Waals surface area contributed by atoms with Crippen molar-refractivity contribution in [1.82, 2.24) is 0 Å². The predicted molar refractivity (Wildman–Crippen MR) is 82.8 cm³/mol. The maximum atomic E-state index is 10.7. The highest BCUT2D eigenvalue weighted by Gasteiger charge is 2.18. The number of benzene rings is 2. The lowest BCUT2D eigenvalue weighted by atomic mass is 9.99. The first-order valence-electron chi connectivity index (χ1n) is 6.42. The van der Waals surface area contributed by atoms with Crippen LogP contribution in [-0.4, -0.2) is 31.7 Å². The van der Waals surface area contributed by atoms with E-state index in [1.807, 2.05) is 0 Å². The van der Waals surface area contributed by atoms with Crippen molar-refractivity contribution in [2.75, 3.05) is 0 Å². The second kappa shape index (κ2) is 6.96. The maximum absolute atomic E-state index is 10.7. The molecule has 10 nitrogen and oxygen atoms in total. The lowest BCUT2D eigenvalue weighted by Gasteiger charge is -2.07. The van der Waals surface area contributed by atoms with Gasteiger partial charge in [0.1, 0.15) is 11.4 Å². The average molecular weight is 330 g/mol. The summed E-state index contributed by atoms with van der Waals surface area (Å²) < 4.78 is 0. The molecule has 2 rings (SSSR count).